The summed E-state index contributed by atoms with van der Waals surface area (Å²) in [5, 5.41) is 9.10. The molecule has 19 heavy (non-hydrogen) atoms. The molecule has 0 aliphatic heterocycles. The Hall–Kier alpha value is -2.30. The minimum absolute atomic E-state index is 0.127. The lowest BCUT2D eigenvalue weighted by atomic mass is 10.2. The van der Waals surface area contributed by atoms with E-state index in [2.05, 4.69) is 0 Å². The Morgan fingerprint density at radius 3 is 2.53 bits per heavy atom. The van der Waals surface area contributed by atoms with Gasteiger partial charge in [0.2, 0.25) is 0 Å². The van der Waals surface area contributed by atoms with Crippen molar-refractivity contribution in [3.63, 3.8) is 0 Å². The zero-order chi connectivity index (χ0) is 14.2. The molecule has 1 N–H and O–H groups in total. The summed E-state index contributed by atoms with van der Waals surface area (Å²) in [7, 11) is 1.39. The summed E-state index contributed by atoms with van der Waals surface area (Å²) >= 11 is 0. The second kappa shape index (κ2) is 4.76. The van der Waals surface area contributed by atoms with Crippen molar-refractivity contribution in [2.45, 2.75) is 13.8 Å². The van der Waals surface area contributed by atoms with Crippen molar-refractivity contribution in [1.29, 1.82) is 0 Å². The lowest BCUT2D eigenvalue weighted by Gasteiger charge is -2.11. The van der Waals surface area contributed by atoms with E-state index < -0.39 is 11.8 Å². The first-order valence-electron chi connectivity index (χ1n) is 5.72. The van der Waals surface area contributed by atoms with Crippen molar-refractivity contribution >= 4 is 5.97 Å². The molecule has 0 aliphatic carbocycles. The Bertz CT molecular complexity index is 646. The molecule has 0 saturated carbocycles. The molecule has 0 aliphatic rings. The monoisotopic (exact) mass is 263 g/mol. The highest BCUT2D eigenvalue weighted by molar-refractivity contribution is 5.89. The number of benzene rings is 1. The Balaban J connectivity index is 2.62. The fraction of sp³-hybridized carbons (Fsp3) is 0.214. The molecule has 1 aromatic carbocycles. The van der Waals surface area contributed by atoms with Gasteiger partial charge >= 0.3 is 5.97 Å². The summed E-state index contributed by atoms with van der Waals surface area (Å²) in [6.07, 6.45) is 0. The molecule has 1 heterocycles. The third kappa shape index (κ3) is 2.19. The number of carboxylic acids is 1. The molecule has 0 bridgehead atoms. The number of carbonyl (C=O) groups is 1. The molecule has 100 valence electrons. The van der Waals surface area contributed by atoms with E-state index in [0.29, 0.717) is 11.4 Å². The maximum Gasteiger partial charge on any atom is 0.337 e. The van der Waals surface area contributed by atoms with Crippen LogP contribution in [0.2, 0.25) is 0 Å². The van der Waals surface area contributed by atoms with Crippen LogP contribution in [-0.2, 0) is 0 Å². The number of aryl methyl sites for hydroxylation is 1. The summed E-state index contributed by atoms with van der Waals surface area (Å²) in [4.78, 5) is 11.1. The smallest absolute Gasteiger partial charge is 0.337 e. The van der Waals surface area contributed by atoms with Crippen LogP contribution in [0.3, 0.4) is 0 Å². The summed E-state index contributed by atoms with van der Waals surface area (Å²) in [6.45, 7) is 3.52. The van der Waals surface area contributed by atoms with Gasteiger partial charge in [-0.15, -0.1) is 0 Å². The first kappa shape index (κ1) is 13.1. The van der Waals surface area contributed by atoms with E-state index in [-0.39, 0.29) is 11.3 Å². The van der Waals surface area contributed by atoms with Gasteiger partial charge in [0, 0.05) is 23.1 Å². The Kier molecular flexibility index (Phi) is 3.29. The zero-order valence-corrected chi connectivity index (χ0v) is 10.9. The third-order valence-electron chi connectivity index (χ3n) is 3.05. The van der Waals surface area contributed by atoms with Crippen LogP contribution >= 0.6 is 0 Å². The first-order valence-corrected chi connectivity index (χ1v) is 5.72. The number of hydrogen-bond acceptors (Lipinski definition) is 2. The van der Waals surface area contributed by atoms with Gasteiger partial charge in [-0.1, -0.05) is 0 Å². The van der Waals surface area contributed by atoms with Crippen molar-refractivity contribution in [3.8, 4) is 11.4 Å². The van der Waals surface area contributed by atoms with Gasteiger partial charge in [0.25, 0.3) is 0 Å². The van der Waals surface area contributed by atoms with E-state index in [1.54, 1.807) is 36.6 Å². The minimum atomic E-state index is -0.978. The fourth-order valence-corrected chi connectivity index (χ4v) is 2.16. The Labute approximate surface area is 110 Å². The van der Waals surface area contributed by atoms with Gasteiger partial charge in [0.1, 0.15) is 0 Å². The molecule has 0 atom stereocenters. The van der Waals surface area contributed by atoms with Crippen LogP contribution in [0.25, 0.3) is 5.69 Å². The Morgan fingerprint density at radius 1 is 1.32 bits per heavy atom. The molecule has 0 saturated heterocycles. The number of ether oxygens (including phenoxy) is 1. The highest BCUT2D eigenvalue weighted by Crippen LogP contribution is 2.25. The maximum absolute atomic E-state index is 13.4. The number of aromatic carboxylic acids is 1. The van der Waals surface area contributed by atoms with Gasteiger partial charge in [0.05, 0.1) is 12.7 Å². The second-order valence-corrected chi connectivity index (χ2v) is 4.24. The number of aromatic nitrogens is 1. The highest BCUT2D eigenvalue weighted by Gasteiger charge is 2.16. The predicted molar refractivity (Wildman–Crippen MR) is 68.7 cm³/mol. The number of carboxylic acid groups (broad SMARTS) is 1. The average molecular weight is 263 g/mol. The normalized spacial score (nSPS) is 10.5. The second-order valence-electron chi connectivity index (χ2n) is 4.24. The number of methoxy groups -OCH3 is 1. The highest BCUT2D eigenvalue weighted by atomic mass is 19.1. The largest absolute Gasteiger partial charge is 0.494 e. The van der Waals surface area contributed by atoms with E-state index in [1.807, 2.05) is 0 Å². The van der Waals surface area contributed by atoms with Crippen LogP contribution in [-0.4, -0.2) is 22.8 Å². The summed E-state index contributed by atoms with van der Waals surface area (Å²) < 4.78 is 20.1. The van der Waals surface area contributed by atoms with E-state index in [4.69, 9.17) is 9.84 Å². The molecule has 0 unspecified atom stereocenters. The molecular weight excluding hydrogens is 249 g/mol. The van der Waals surface area contributed by atoms with Gasteiger partial charge in [-0.05, 0) is 32.0 Å². The molecule has 2 aromatic rings. The van der Waals surface area contributed by atoms with Crippen molar-refractivity contribution < 1.29 is 19.0 Å². The summed E-state index contributed by atoms with van der Waals surface area (Å²) in [5.41, 5.74) is 2.27. The molecule has 1 aromatic heterocycles. The van der Waals surface area contributed by atoms with Gasteiger partial charge in [-0.3, -0.25) is 0 Å². The van der Waals surface area contributed by atoms with Crippen LogP contribution in [0.4, 0.5) is 4.39 Å². The van der Waals surface area contributed by atoms with Crippen LogP contribution < -0.4 is 4.74 Å². The van der Waals surface area contributed by atoms with Gasteiger partial charge in [-0.2, -0.15) is 0 Å². The van der Waals surface area contributed by atoms with Gasteiger partial charge in [0.15, 0.2) is 11.6 Å². The topological polar surface area (TPSA) is 51.5 Å². The number of hydrogen-bond donors (Lipinski definition) is 1. The fourth-order valence-electron chi connectivity index (χ4n) is 2.16. The summed E-state index contributed by atoms with van der Waals surface area (Å²) in [5.74, 6) is -1.30. The predicted octanol–water partition coefficient (Wildman–Crippen LogP) is 2.94. The number of nitrogens with zero attached hydrogens (tertiary/aromatic N) is 1. The maximum atomic E-state index is 13.4. The van der Waals surface area contributed by atoms with Crippen LogP contribution in [0.5, 0.6) is 5.75 Å². The summed E-state index contributed by atoms with van der Waals surface area (Å²) in [6, 6.07) is 6.02. The molecule has 2 rings (SSSR count). The van der Waals surface area contributed by atoms with E-state index >= 15 is 0 Å². The number of halogens is 1. The van der Waals surface area contributed by atoms with Crippen molar-refractivity contribution in [3.05, 3.63) is 47.0 Å². The first-order chi connectivity index (χ1) is 8.95. The SMILES string of the molecule is COc1cc(-n2c(C)cc(C(=O)O)c2C)ccc1F. The minimum Gasteiger partial charge on any atom is -0.494 e. The van der Waals surface area contributed by atoms with Gasteiger partial charge < -0.3 is 14.4 Å². The molecule has 5 heteroatoms. The Morgan fingerprint density at radius 2 is 2.00 bits per heavy atom. The zero-order valence-electron chi connectivity index (χ0n) is 10.9. The number of rotatable bonds is 3. The average Bonchev–Trinajstić information content (AvgIpc) is 2.66. The van der Waals surface area contributed by atoms with Crippen molar-refractivity contribution in [1.82, 2.24) is 4.57 Å². The molecular formula is C14H14FNO3. The van der Waals surface area contributed by atoms with E-state index in [0.717, 1.165) is 5.69 Å². The lowest BCUT2D eigenvalue weighted by molar-refractivity contribution is 0.0696. The van der Waals surface area contributed by atoms with E-state index in [1.165, 1.54) is 13.2 Å². The molecule has 0 radical (unpaired) electrons. The van der Waals surface area contributed by atoms with Crippen LogP contribution in [0, 0.1) is 19.7 Å². The molecule has 0 fully saturated rings. The standard InChI is InChI=1S/C14H14FNO3/c1-8-6-11(14(17)18)9(2)16(8)10-4-5-12(15)13(7-10)19-3/h4-7H,1-3H3,(H,17,18). The van der Waals surface area contributed by atoms with Gasteiger partial charge in [-0.25, -0.2) is 9.18 Å². The van der Waals surface area contributed by atoms with Crippen LogP contribution in [0.1, 0.15) is 21.7 Å². The van der Waals surface area contributed by atoms with E-state index in [9.17, 15) is 9.18 Å². The van der Waals surface area contributed by atoms with Crippen molar-refractivity contribution in [2.24, 2.45) is 0 Å². The molecule has 0 amide bonds. The molecule has 4 nitrogen and oxygen atoms in total. The molecule has 0 spiro atoms. The van der Waals surface area contributed by atoms with Crippen molar-refractivity contribution in [2.75, 3.05) is 7.11 Å². The lowest BCUT2D eigenvalue weighted by Crippen LogP contribution is -2.03. The third-order valence-corrected chi connectivity index (χ3v) is 3.05. The quantitative estimate of drug-likeness (QED) is 0.926. The van der Waals surface area contributed by atoms with Crippen LogP contribution in [0.15, 0.2) is 24.3 Å².